The minimum absolute atomic E-state index is 0.0652. The number of nitrogens with zero attached hydrogens (tertiary/aromatic N) is 1. The molecule has 2 aliphatic rings. The average Bonchev–Trinajstić information content (AvgIpc) is 2.55. The van der Waals surface area contributed by atoms with Crippen molar-refractivity contribution in [3.05, 3.63) is 18.5 Å². The highest BCUT2D eigenvalue weighted by Gasteiger charge is 2.56. The van der Waals surface area contributed by atoms with Crippen molar-refractivity contribution in [3.63, 3.8) is 0 Å². The molecule has 0 amide bonds. The zero-order valence-corrected chi connectivity index (χ0v) is 13.2. The van der Waals surface area contributed by atoms with Gasteiger partial charge in [0.2, 0.25) is 10.0 Å². The van der Waals surface area contributed by atoms with Gasteiger partial charge in [-0.25, -0.2) is 13.1 Å². The lowest BCUT2D eigenvalue weighted by Crippen LogP contribution is -2.65. The first-order chi connectivity index (χ1) is 10.5. The second kappa shape index (κ2) is 5.77. The zero-order valence-electron chi connectivity index (χ0n) is 12.4. The lowest BCUT2D eigenvalue weighted by Gasteiger charge is -2.55. The molecule has 1 saturated heterocycles. The molecule has 1 aromatic rings. The van der Waals surface area contributed by atoms with Crippen LogP contribution in [-0.2, 0) is 14.8 Å². The molecule has 1 aromatic heterocycles. The fourth-order valence-electron chi connectivity index (χ4n) is 3.28. The summed E-state index contributed by atoms with van der Waals surface area (Å²) in [7, 11) is -2.24. The number of hydrogen-bond donors (Lipinski definition) is 2. The summed E-state index contributed by atoms with van der Waals surface area (Å²) in [6.07, 6.45) is 4.02. The van der Waals surface area contributed by atoms with Crippen molar-refractivity contribution in [1.29, 1.82) is 0 Å². The van der Waals surface area contributed by atoms with E-state index >= 15 is 0 Å². The quantitative estimate of drug-likeness (QED) is 0.825. The highest BCUT2D eigenvalue weighted by atomic mass is 32.2. The number of nitrogens with one attached hydrogen (secondary N) is 1. The number of aliphatic hydroxyl groups is 1. The van der Waals surface area contributed by atoms with E-state index in [2.05, 4.69) is 9.71 Å². The molecule has 1 aliphatic carbocycles. The molecule has 8 heteroatoms. The largest absolute Gasteiger partial charge is 0.495 e. The molecule has 1 aliphatic heterocycles. The molecule has 3 rings (SSSR count). The van der Waals surface area contributed by atoms with Crippen LogP contribution in [-0.4, -0.2) is 51.0 Å². The predicted octanol–water partition coefficient (Wildman–Crippen LogP) is 0.298. The highest BCUT2D eigenvalue weighted by Crippen LogP contribution is 2.49. The fourth-order valence-corrected chi connectivity index (χ4v) is 4.59. The molecule has 0 aromatic carbocycles. The average molecular weight is 328 g/mol. The topological polar surface area (TPSA) is 97.8 Å². The number of aromatic nitrogens is 1. The Hall–Kier alpha value is -1.22. The van der Waals surface area contributed by atoms with E-state index in [-0.39, 0.29) is 10.9 Å². The maximum Gasteiger partial charge on any atom is 0.242 e. The number of aliphatic hydroxyl groups excluding tert-OH is 1. The van der Waals surface area contributed by atoms with Gasteiger partial charge in [-0.15, -0.1) is 0 Å². The highest BCUT2D eigenvalue weighted by molar-refractivity contribution is 7.89. The first-order valence-corrected chi connectivity index (χ1v) is 8.73. The van der Waals surface area contributed by atoms with Gasteiger partial charge in [-0.1, -0.05) is 0 Å². The molecule has 2 atom stereocenters. The molecule has 2 heterocycles. The van der Waals surface area contributed by atoms with Crippen LogP contribution in [0, 0.1) is 5.41 Å². The van der Waals surface area contributed by atoms with Gasteiger partial charge in [0.1, 0.15) is 10.6 Å². The third-order valence-electron chi connectivity index (χ3n) is 4.77. The number of methoxy groups -OCH3 is 1. The monoisotopic (exact) mass is 328 g/mol. The molecule has 2 fully saturated rings. The van der Waals surface area contributed by atoms with Crippen LogP contribution in [0.25, 0.3) is 0 Å². The standard InChI is InChI=1S/C14H20N2O5S/c1-20-10-6-11(9-15-8-10)22(18,19)16-12-7-13(17)14(12)2-4-21-5-3-14/h6,8-9,12-13,16-17H,2-5,7H2,1H3/t12-,13-/m1/s1. The van der Waals surface area contributed by atoms with E-state index in [1.54, 1.807) is 0 Å². The summed E-state index contributed by atoms with van der Waals surface area (Å²) in [4.78, 5) is 3.94. The molecule has 0 bridgehead atoms. The molecular weight excluding hydrogens is 308 g/mol. The summed E-state index contributed by atoms with van der Waals surface area (Å²) in [5.74, 6) is 0.386. The van der Waals surface area contributed by atoms with Gasteiger partial charge in [-0.3, -0.25) is 4.98 Å². The van der Waals surface area contributed by atoms with Crippen LogP contribution in [0.5, 0.6) is 5.75 Å². The Balaban J connectivity index is 1.79. The SMILES string of the molecule is COc1cncc(S(=O)(=O)N[C@@H]2C[C@@H](O)C23CCOCC3)c1. The van der Waals surface area contributed by atoms with Crippen LogP contribution in [0.15, 0.2) is 23.4 Å². The second-order valence-corrected chi connectivity index (χ2v) is 7.55. The number of ether oxygens (including phenoxy) is 2. The van der Waals surface area contributed by atoms with Crippen molar-refractivity contribution >= 4 is 10.0 Å². The Labute approximate surface area is 129 Å². The summed E-state index contributed by atoms with van der Waals surface area (Å²) in [5.41, 5.74) is -0.405. The van der Waals surface area contributed by atoms with E-state index < -0.39 is 21.5 Å². The first kappa shape index (κ1) is 15.7. The summed E-state index contributed by atoms with van der Waals surface area (Å²) in [6, 6.07) is 1.16. The minimum atomic E-state index is -3.70. The maximum absolute atomic E-state index is 12.5. The van der Waals surface area contributed by atoms with Gasteiger partial charge >= 0.3 is 0 Å². The van der Waals surface area contributed by atoms with Gasteiger partial charge in [0, 0.05) is 36.9 Å². The number of hydrogen-bond acceptors (Lipinski definition) is 6. The normalized spacial score (nSPS) is 27.4. The van der Waals surface area contributed by atoms with Crippen molar-refractivity contribution in [2.75, 3.05) is 20.3 Å². The Morgan fingerprint density at radius 1 is 1.41 bits per heavy atom. The maximum atomic E-state index is 12.5. The lowest BCUT2D eigenvalue weighted by molar-refractivity contribution is -0.143. The third kappa shape index (κ3) is 2.60. The number of sulfonamides is 1. The zero-order chi connectivity index (χ0) is 15.8. The summed E-state index contributed by atoms with van der Waals surface area (Å²) < 4.78 is 38.1. The van der Waals surface area contributed by atoms with Gasteiger partial charge < -0.3 is 14.6 Å². The van der Waals surface area contributed by atoms with Crippen LogP contribution in [0.3, 0.4) is 0 Å². The Morgan fingerprint density at radius 2 is 2.14 bits per heavy atom. The van der Waals surface area contributed by atoms with Crippen LogP contribution in [0.2, 0.25) is 0 Å². The van der Waals surface area contributed by atoms with Crippen LogP contribution < -0.4 is 9.46 Å². The van der Waals surface area contributed by atoms with Gasteiger partial charge in [-0.05, 0) is 19.3 Å². The van der Waals surface area contributed by atoms with Crippen molar-refractivity contribution in [2.24, 2.45) is 5.41 Å². The Bertz CT molecular complexity index is 642. The van der Waals surface area contributed by atoms with E-state index in [4.69, 9.17) is 9.47 Å². The van der Waals surface area contributed by atoms with Crippen molar-refractivity contribution < 1.29 is 23.0 Å². The van der Waals surface area contributed by atoms with Gasteiger partial charge in [-0.2, -0.15) is 0 Å². The van der Waals surface area contributed by atoms with Gasteiger partial charge in [0.25, 0.3) is 0 Å². The molecule has 1 saturated carbocycles. The third-order valence-corrected chi connectivity index (χ3v) is 6.21. The van der Waals surface area contributed by atoms with Crippen LogP contribution >= 0.6 is 0 Å². The van der Waals surface area contributed by atoms with E-state index in [1.807, 2.05) is 0 Å². The molecule has 0 radical (unpaired) electrons. The molecule has 1 spiro atoms. The van der Waals surface area contributed by atoms with E-state index in [0.29, 0.717) is 38.2 Å². The lowest BCUT2D eigenvalue weighted by atomic mass is 9.58. The predicted molar refractivity (Wildman–Crippen MR) is 78.0 cm³/mol. The summed E-state index contributed by atoms with van der Waals surface area (Å²) in [5, 5.41) is 10.1. The first-order valence-electron chi connectivity index (χ1n) is 7.25. The van der Waals surface area contributed by atoms with E-state index in [9.17, 15) is 13.5 Å². The Kier molecular flexibility index (Phi) is 4.11. The van der Waals surface area contributed by atoms with Crippen molar-refractivity contribution in [1.82, 2.24) is 9.71 Å². The molecule has 7 nitrogen and oxygen atoms in total. The van der Waals surface area contributed by atoms with Crippen molar-refractivity contribution in [3.8, 4) is 5.75 Å². The van der Waals surface area contributed by atoms with Gasteiger partial charge in [0.05, 0.1) is 19.4 Å². The second-order valence-electron chi connectivity index (χ2n) is 5.83. The summed E-state index contributed by atoms with van der Waals surface area (Å²) in [6.45, 7) is 1.10. The minimum Gasteiger partial charge on any atom is -0.495 e. The van der Waals surface area contributed by atoms with Crippen LogP contribution in [0.4, 0.5) is 0 Å². The smallest absolute Gasteiger partial charge is 0.242 e. The molecular formula is C14H20N2O5S. The fraction of sp³-hybridized carbons (Fsp3) is 0.643. The summed E-state index contributed by atoms with van der Waals surface area (Å²) >= 11 is 0. The molecule has 0 unspecified atom stereocenters. The van der Waals surface area contributed by atoms with Crippen molar-refractivity contribution in [2.45, 2.75) is 36.3 Å². The Morgan fingerprint density at radius 3 is 2.77 bits per heavy atom. The van der Waals surface area contributed by atoms with E-state index in [0.717, 1.165) is 0 Å². The number of pyridine rings is 1. The van der Waals surface area contributed by atoms with Gasteiger partial charge in [0.15, 0.2) is 0 Å². The van der Waals surface area contributed by atoms with E-state index in [1.165, 1.54) is 25.6 Å². The molecule has 22 heavy (non-hydrogen) atoms. The molecule has 122 valence electrons. The number of rotatable bonds is 4. The van der Waals surface area contributed by atoms with Crippen LogP contribution in [0.1, 0.15) is 19.3 Å². The molecule has 2 N–H and O–H groups in total.